The van der Waals surface area contributed by atoms with Crippen LogP contribution in [-0.2, 0) is 0 Å². The Morgan fingerprint density at radius 1 is 0.542 bits per heavy atom. The zero-order valence-electron chi connectivity index (χ0n) is 26.6. The van der Waals surface area contributed by atoms with Crippen LogP contribution in [0.3, 0.4) is 0 Å². The molecule has 2 N–H and O–H groups in total. The Morgan fingerprint density at radius 3 is 1.96 bits per heavy atom. The summed E-state index contributed by atoms with van der Waals surface area (Å²) in [6.07, 6.45) is 8.60. The third-order valence-corrected chi connectivity index (χ3v) is 10.6. The van der Waals surface area contributed by atoms with E-state index in [1.807, 2.05) is 0 Å². The second-order valence-electron chi connectivity index (χ2n) is 13.1. The number of para-hydroxylation sites is 3. The van der Waals surface area contributed by atoms with E-state index in [0.717, 1.165) is 0 Å². The molecule has 8 aromatic rings. The maximum absolute atomic E-state index is 6.93. The summed E-state index contributed by atoms with van der Waals surface area (Å²) >= 11 is 0. The molecule has 2 aliphatic rings. The summed E-state index contributed by atoms with van der Waals surface area (Å²) in [5.41, 5.74) is 21.6. The molecule has 0 amide bonds. The molecule has 0 fully saturated rings. The van der Waals surface area contributed by atoms with Gasteiger partial charge in [-0.3, -0.25) is 0 Å². The van der Waals surface area contributed by atoms with Crippen molar-refractivity contribution in [1.82, 2.24) is 9.13 Å². The van der Waals surface area contributed by atoms with Crippen molar-refractivity contribution >= 4 is 54.9 Å². The average molecular weight is 616 g/mol. The van der Waals surface area contributed by atoms with Gasteiger partial charge in [0.1, 0.15) is 0 Å². The summed E-state index contributed by atoms with van der Waals surface area (Å²) < 4.78 is 5.02. The minimum atomic E-state index is -0.143. The molecule has 2 atom stereocenters. The van der Waals surface area contributed by atoms with E-state index < -0.39 is 0 Å². The van der Waals surface area contributed by atoms with Gasteiger partial charge >= 0.3 is 0 Å². The first-order valence-corrected chi connectivity index (χ1v) is 16.8. The van der Waals surface area contributed by atoms with Crippen LogP contribution in [-0.4, -0.2) is 15.2 Å². The van der Waals surface area contributed by atoms with Gasteiger partial charge in [0.15, 0.2) is 0 Å². The van der Waals surface area contributed by atoms with Crippen LogP contribution < -0.4 is 5.73 Å². The first-order valence-electron chi connectivity index (χ1n) is 16.8. The summed E-state index contributed by atoms with van der Waals surface area (Å²) in [4.78, 5) is 0. The molecule has 0 saturated carbocycles. The van der Waals surface area contributed by atoms with Crippen LogP contribution in [0.25, 0.3) is 82.8 Å². The zero-order valence-corrected chi connectivity index (χ0v) is 26.6. The van der Waals surface area contributed by atoms with E-state index in [1.165, 1.54) is 88.4 Å². The number of hydrogen-bond donors (Lipinski definition) is 1. The van der Waals surface area contributed by atoms with Crippen molar-refractivity contribution in [2.24, 2.45) is 11.7 Å². The Labute approximate surface area is 279 Å². The number of benzene rings is 6. The number of rotatable bonds is 3. The van der Waals surface area contributed by atoms with Gasteiger partial charge in [-0.15, -0.1) is 0 Å². The van der Waals surface area contributed by atoms with Gasteiger partial charge in [0, 0.05) is 50.3 Å². The Kier molecular flexibility index (Phi) is 5.84. The fraction of sp³-hybridized carbons (Fsp3) is 0.0667. The van der Waals surface area contributed by atoms with Crippen molar-refractivity contribution in [2.45, 2.75) is 13.0 Å². The van der Waals surface area contributed by atoms with Gasteiger partial charge in [0.05, 0.1) is 27.8 Å². The number of nitrogens with two attached hydrogens (primary N) is 1. The number of nitrogens with zero attached hydrogens (tertiary/aromatic N) is 2. The Bertz CT molecular complexity index is 2700. The van der Waals surface area contributed by atoms with E-state index in [1.54, 1.807) is 0 Å². The van der Waals surface area contributed by atoms with Crippen molar-refractivity contribution in [3.05, 3.63) is 163 Å². The average Bonchev–Trinajstić information content (AvgIpc) is 3.60. The fourth-order valence-electron chi connectivity index (χ4n) is 8.40. The van der Waals surface area contributed by atoms with E-state index in [-0.39, 0.29) is 12.0 Å². The lowest BCUT2D eigenvalue weighted by Crippen LogP contribution is -2.31. The van der Waals surface area contributed by atoms with Crippen LogP contribution in [0.1, 0.15) is 12.5 Å². The van der Waals surface area contributed by atoms with Crippen LogP contribution in [0.4, 0.5) is 0 Å². The van der Waals surface area contributed by atoms with Crippen molar-refractivity contribution in [3.63, 3.8) is 0 Å². The van der Waals surface area contributed by atoms with Gasteiger partial charge < -0.3 is 14.9 Å². The molecule has 0 radical (unpaired) electrons. The predicted molar refractivity (Wildman–Crippen MR) is 203 cm³/mol. The third kappa shape index (κ3) is 3.74. The molecule has 48 heavy (non-hydrogen) atoms. The maximum Gasteiger partial charge on any atom is 0.0619 e. The van der Waals surface area contributed by atoms with Crippen molar-refractivity contribution in [3.8, 4) is 27.9 Å². The standard InChI is InChI=1S/C45H33N3/c1-28(29-14-3-2-4-15-29)44(36-20-7-10-23-39(36)46)47-41-25-12-9-19-33(41)38-27-42-37(26-43(38)47)31-17-6-5-16-30(31)34-21-13-22-35-32-18-8-11-24-40(32)48(42)45(34)35/h2-27,36,39H,46H2,1H3/b44-28-. The summed E-state index contributed by atoms with van der Waals surface area (Å²) in [5.74, 6) is -0.00224. The highest BCUT2D eigenvalue weighted by molar-refractivity contribution is 6.19. The van der Waals surface area contributed by atoms with Gasteiger partial charge in [-0.1, -0.05) is 133 Å². The highest BCUT2D eigenvalue weighted by Crippen LogP contribution is 2.49. The SMILES string of the molecule is C/C(=C(\C1C=CC=CC1N)n1c2ccccc2c2cc3c(cc21)-c1ccccc1-c1cccc2c4ccccc4n-3c12)c1ccccc1. The Hall–Kier alpha value is -5.90. The Morgan fingerprint density at radius 2 is 1.17 bits per heavy atom. The lowest BCUT2D eigenvalue weighted by atomic mass is 9.88. The zero-order chi connectivity index (χ0) is 31.9. The molecular formula is C45H33N3. The molecule has 2 unspecified atom stereocenters. The van der Waals surface area contributed by atoms with Gasteiger partial charge in [-0.2, -0.15) is 0 Å². The molecule has 228 valence electrons. The number of fused-ring (bicyclic) bond motifs is 11. The van der Waals surface area contributed by atoms with Crippen molar-refractivity contribution < 1.29 is 0 Å². The van der Waals surface area contributed by atoms with Crippen LogP contribution in [0.2, 0.25) is 0 Å². The second kappa shape index (κ2) is 10.3. The highest BCUT2D eigenvalue weighted by atomic mass is 15.0. The van der Waals surface area contributed by atoms with Crippen LogP contribution in [0.15, 0.2) is 158 Å². The normalized spacial score (nSPS) is 17.1. The smallest absolute Gasteiger partial charge is 0.0619 e. The first kappa shape index (κ1) is 27.2. The minimum Gasteiger partial charge on any atom is -0.324 e. The molecule has 0 bridgehead atoms. The molecule has 0 spiro atoms. The molecular weight excluding hydrogens is 583 g/mol. The van der Waals surface area contributed by atoms with Crippen LogP contribution >= 0.6 is 0 Å². The summed E-state index contributed by atoms with van der Waals surface area (Å²) in [5, 5.41) is 5.02. The first-order chi connectivity index (χ1) is 23.7. The van der Waals surface area contributed by atoms with E-state index in [9.17, 15) is 0 Å². The molecule has 10 rings (SSSR count). The molecule has 0 saturated heterocycles. The topological polar surface area (TPSA) is 35.9 Å². The number of aromatic nitrogens is 2. The summed E-state index contributed by atoms with van der Waals surface area (Å²) in [7, 11) is 0. The van der Waals surface area contributed by atoms with Gasteiger partial charge in [-0.25, -0.2) is 0 Å². The maximum atomic E-state index is 6.93. The lowest BCUT2D eigenvalue weighted by Gasteiger charge is -2.28. The van der Waals surface area contributed by atoms with E-state index in [4.69, 9.17) is 5.73 Å². The van der Waals surface area contributed by atoms with Crippen LogP contribution in [0.5, 0.6) is 0 Å². The molecule has 1 aliphatic heterocycles. The third-order valence-electron chi connectivity index (χ3n) is 10.6. The molecule has 6 aromatic carbocycles. The quantitative estimate of drug-likeness (QED) is 0.211. The second-order valence-corrected chi connectivity index (χ2v) is 13.1. The summed E-state index contributed by atoms with van der Waals surface area (Å²) in [6, 6.07) is 48.8. The van der Waals surface area contributed by atoms with Gasteiger partial charge in [0.25, 0.3) is 0 Å². The van der Waals surface area contributed by atoms with E-state index in [0.29, 0.717) is 0 Å². The van der Waals surface area contributed by atoms with Gasteiger partial charge in [-0.05, 0) is 53.5 Å². The number of hydrogen-bond acceptors (Lipinski definition) is 1. The highest BCUT2D eigenvalue weighted by Gasteiger charge is 2.29. The van der Waals surface area contributed by atoms with Gasteiger partial charge in [0.2, 0.25) is 0 Å². The largest absolute Gasteiger partial charge is 0.324 e. The van der Waals surface area contributed by atoms with Crippen molar-refractivity contribution in [2.75, 3.05) is 0 Å². The summed E-state index contributed by atoms with van der Waals surface area (Å²) in [6.45, 7) is 2.25. The predicted octanol–water partition coefficient (Wildman–Crippen LogP) is 11.0. The van der Waals surface area contributed by atoms with Crippen LogP contribution in [0, 0.1) is 5.92 Å². The molecule has 3 heteroatoms. The molecule has 3 heterocycles. The van der Waals surface area contributed by atoms with Crippen molar-refractivity contribution in [1.29, 1.82) is 0 Å². The monoisotopic (exact) mass is 615 g/mol. The Balaban J connectivity index is 1.39. The molecule has 2 aromatic heterocycles. The number of allylic oxidation sites excluding steroid dienone is 3. The minimum absolute atomic E-state index is 0.00224. The van der Waals surface area contributed by atoms with E-state index in [2.05, 4.69) is 174 Å². The lowest BCUT2D eigenvalue weighted by molar-refractivity contribution is 0.680. The molecule has 1 aliphatic carbocycles. The fourth-order valence-corrected chi connectivity index (χ4v) is 8.40. The molecule has 3 nitrogen and oxygen atoms in total. The van der Waals surface area contributed by atoms with E-state index >= 15 is 0 Å².